The van der Waals surface area contributed by atoms with Crippen LogP contribution in [0, 0.1) is 5.92 Å². The first-order valence-electron chi connectivity index (χ1n) is 10.1. The van der Waals surface area contributed by atoms with Crippen molar-refractivity contribution in [3.63, 3.8) is 0 Å². The van der Waals surface area contributed by atoms with Crippen LogP contribution in [0.15, 0.2) is 42.5 Å². The topological polar surface area (TPSA) is 41.6 Å². The van der Waals surface area contributed by atoms with Gasteiger partial charge in [-0.1, -0.05) is 48.3 Å². The average Bonchev–Trinajstić information content (AvgIpc) is 2.75. The highest BCUT2D eigenvalue weighted by Crippen LogP contribution is 2.26. The Morgan fingerprint density at radius 3 is 2.41 bits per heavy atom. The molecular weight excluding hydrogens is 407 g/mol. The van der Waals surface area contributed by atoms with Crippen molar-refractivity contribution in [2.45, 2.75) is 38.8 Å². The molecule has 1 amide bonds. The number of nitrogens with zero attached hydrogens (tertiary/aromatic N) is 1. The number of benzene rings is 2. The van der Waals surface area contributed by atoms with E-state index in [0.717, 1.165) is 55.8 Å². The molecule has 0 spiro atoms. The number of rotatable bonds is 7. The fourth-order valence-electron chi connectivity index (χ4n) is 3.80. The number of halogens is 2. The van der Waals surface area contributed by atoms with Crippen molar-refractivity contribution in [3.8, 4) is 5.75 Å². The predicted molar refractivity (Wildman–Crippen MR) is 119 cm³/mol. The molecule has 0 aliphatic carbocycles. The molecule has 2 aromatic rings. The van der Waals surface area contributed by atoms with Crippen molar-refractivity contribution in [2.24, 2.45) is 5.92 Å². The van der Waals surface area contributed by atoms with Crippen LogP contribution in [-0.2, 0) is 11.3 Å². The number of piperidine rings is 1. The molecule has 0 bridgehead atoms. The molecule has 3 rings (SSSR count). The van der Waals surface area contributed by atoms with Gasteiger partial charge in [0.25, 0.3) is 0 Å². The highest BCUT2D eigenvalue weighted by molar-refractivity contribution is 6.42. The molecule has 1 heterocycles. The molecule has 1 N–H and O–H groups in total. The second kappa shape index (κ2) is 10.3. The zero-order valence-corrected chi connectivity index (χ0v) is 18.5. The fourth-order valence-corrected chi connectivity index (χ4v) is 4.12. The number of carbonyl (C=O) groups is 1. The Hall–Kier alpha value is -1.75. The summed E-state index contributed by atoms with van der Waals surface area (Å²) in [6.07, 6.45) is 2.59. The van der Waals surface area contributed by atoms with Gasteiger partial charge in [0.05, 0.1) is 23.2 Å². The van der Waals surface area contributed by atoms with Crippen LogP contribution in [0.1, 0.15) is 43.4 Å². The van der Waals surface area contributed by atoms with Gasteiger partial charge in [-0.15, -0.1) is 0 Å². The summed E-state index contributed by atoms with van der Waals surface area (Å²) in [4.78, 5) is 15.2. The van der Waals surface area contributed by atoms with Crippen LogP contribution in [0.5, 0.6) is 5.75 Å². The fraction of sp³-hybridized carbons (Fsp3) is 0.435. The lowest BCUT2D eigenvalue weighted by Gasteiger charge is -2.32. The second-order valence-corrected chi connectivity index (χ2v) is 8.36. The van der Waals surface area contributed by atoms with Gasteiger partial charge in [0, 0.05) is 12.5 Å². The zero-order chi connectivity index (χ0) is 20.8. The minimum atomic E-state index is 0.0302. The van der Waals surface area contributed by atoms with Crippen LogP contribution >= 0.6 is 23.2 Å². The van der Waals surface area contributed by atoms with Crippen molar-refractivity contribution in [2.75, 3.05) is 20.2 Å². The monoisotopic (exact) mass is 434 g/mol. The molecule has 1 fully saturated rings. The number of amides is 1. The lowest BCUT2D eigenvalue weighted by molar-refractivity contribution is -0.127. The molecule has 0 radical (unpaired) electrons. The molecule has 6 heteroatoms. The summed E-state index contributed by atoms with van der Waals surface area (Å²) in [7, 11) is 1.65. The van der Waals surface area contributed by atoms with Crippen molar-refractivity contribution in [3.05, 3.63) is 63.6 Å². The second-order valence-electron chi connectivity index (χ2n) is 7.54. The van der Waals surface area contributed by atoms with Gasteiger partial charge >= 0.3 is 0 Å². The number of carbonyl (C=O) groups excluding carboxylic acids is 1. The first-order chi connectivity index (χ1) is 14.0. The van der Waals surface area contributed by atoms with Crippen LogP contribution in [0.4, 0.5) is 0 Å². The first kappa shape index (κ1) is 21.9. The highest BCUT2D eigenvalue weighted by Gasteiger charge is 2.26. The van der Waals surface area contributed by atoms with Gasteiger partial charge in [-0.2, -0.15) is 0 Å². The van der Waals surface area contributed by atoms with E-state index >= 15 is 0 Å². The van der Waals surface area contributed by atoms with E-state index in [2.05, 4.69) is 17.1 Å². The normalized spacial score (nSPS) is 16.4. The quantitative estimate of drug-likeness (QED) is 0.626. The third-order valence-electron chi connectivity index (χ3n) is 5.59. The zero-order valence-electron chi connectivity index (χ0n) is 17.0. The Morgan fingerprint density at radius 1 is 1.14 bits per heavy atom. The Morgan fingerprint density at radius 2 is 1.83 bits per heavy atom. The predicted octanol–water partition coefficient (Wildman–Crippen LogP) is 5.48. The third kappa shape index (κ3) is 5.88. The van der Waals surface area contributed by atoms with Gasteiger partial charge in [-0.3, -0.25) is 9.69 Å². The molecule has 0 unspecified atom stereocenters. The van der Waals surface area contributed by atoms with E-state index in [0.29, 0.717) is 10.0 Å². The number of ether oxygens (including phenoxy) is 1. The number of likely N-dealkylation sites (tertiary alicyclic amines) is 1. The summed E-state index contributed by atoms with van der Waals surface area (Å²) >= 11 is 12.1. The standard InChI is InChI=1S/C23H28Cl2N2O2/c1-3-22(17-5-7-19(29-2)8-6-17)26-23(28)18-10-12-27(13-11-18)15-16-4-9-20(24)21(25)14-16/h4-9,14,18,22H,3,10-13,15H2,1-2H3,(H,26,28)/t22-/m0/s1. The Bertz CT molecular complexity index is 818. The third-order valence-corrected chi connectivity index (χ3v) is 6.33. The molecule has 1 aliphatic rings. The van der Waals surface area contributed by atoms with Crippen LogP contribution in [0.2, 0.25) is 10.0 Å². The lowest BCUT2D eigenvalue weighted by atomic mass is 9.94. The maximum absolute atomic E-state index is 12.8. The molecule has 29 heavy (non-hydrogen) atoms. The smallest absolute Gasteiger partial charge is 0.223 e. The molecule has 0 aromatic heterocycles. The van der Waals surface area contributed by atoms with Crippen molar-refractivity contribution in [1.82, 2.24) is 10.2 Å². The molecule has 1 aliphatic heterocycles. The van der Waals surface area contributed by atoms with Crippen LogP contribution in [0.25, 0.3) is 0 Å². The molecule has 1 atom stereocenters. The summed E-state index contributed by atoms with van der Waals surface area (Å²) in [5.74, 6) is 1.04. The summed E-state index contributed by atoms with van der Waals surface area (Å²) in [6.45, 7) is 4.72. The number of methoxy groups -OCH3 is 1. The van der Waals surface area contributed by atoms with E-state index in [4.69, 9.17) is 27.9 Å². The van der Waals surface area contributed by atoms with Crippen molar-refractivity contribution in [1.29, 1.82) is 0 Å². The van der Waals surface area contributed by atoms with E-state index in [1.807, 2.05) is 42.5 Å². The largest absolute Gasteiger partial charge is 0.497 e. The van der Waals surface area contributed by atoms with Gasteiger partial charge < -0.3 is 10.1 Å². The minimum Gasteiger partial charge on any atom is -0.497 e. The molecule has 0 saturated carbocycles. The molecule has 4 nitrogen and oxygen atoms in total. The van der Waals surface area contributed by atoms with E-state index in [1.54, 1.807) is 7.11 Å². The Labute approximate surface area is 183 Å². The Balaban J connectivity index is 1.51. The minimum absolute atomic E-state index is 0.0302. The summed E-state index contributed by atoms with van der Waals surface area (Å²) in [6, 6.07) is 13.7. The van der Waals surface area contributed by atoms with Gasteiger partial charge in [0.1, 0.15) is 5.75 Å². The van der Waals surface area contributed by atoms with E-state index in [1.165, 1.54) is 0 Å². The number of nitrogens with one attached hydrogen (secondary N) is 1. The van der Waals surface area contributed by atoms with Gasteiger partial charge in [-0.25, -0.2) is 0 Å². The van der Waals surface area contributed by atoms with Crippen LogP contribution in [0.3, 0.4) is 0 Å². The number of hydrogen-bond acceptors (Lipinski definition) is 3. The van der Waals surface area contributed by atoms with Crippen molar-refractivity contribution < 1.29 is 9.53 Å². The molecule has 156 valence electrons. The van der Waals surface area contributed by atoms with Crippen LogP contribution in [-0.4, -0.2) is 31.0 Å². The highest BCUT2D eigenvalue weighted by atomic mass is 35.5. The van der Waals surface area contributed by atoms with Crippen molar-refractivity contribution >= 4 is 29.1 Å². The maximum Gasteiger partial charge on any atom is 0.223 e. The molecular formula is C23H28Cl2N2O2. The van der Waals surface area contributed by atoms with E-state index in [9.17, 15) is 4.79 Å². The van der Waals surface area contributed by atoms with Gasteiger partial charge in [0.2, 0.25) is 5.91 Å². The molecule has 2 aromatic carbocycles. The molecule has 1 saturated heterocycles. The van der Waals surface area contributed by atoms with E-state index < -0.39 is 0 Å². The van der Waals surface area contributed by atoms with Crippen LogP contribution < -0.4 is 10.1 Å². The summed E-state index contributed by atoms with van der Waals surface area (Å²) in [5, 5.41) is 4.40. The first-order valence-corrected chi connectivity index (χ1v) is 10.9. The average molecular weight is 435 g/mol. The lowest BCUT2D eigenvalue weighted by Crippen LogP contribution is -2.41. The number of hydrogen-bond donors (Lipinski definition) is 1. The SMILES string of the molecule is CC[C@H](NC(=O)C1CCN(Cc2ccc(Cl)c(Cl)c2)CC1)c1ccc(OC)cc1. The van der Waals surface area contributed by atoms with Gasteiger partial charge in [0.15, 0.2) is 0 Å². The summed E-state index contributed by atoms with van der Waals surface area (Å²) in [5.41, 5.74) is 2.26. The van der Waals surface area contributed by atoms with E-state index in [-0.39, 0.29) is 17.9 Å². The summed E-state index contributed by atoms with van der Waals surface area (Å²) < 4.78 is 5.22. The Kier molecular flexibility index (Phi) is 7.82. The van der Waals surface area contributed by atoms with Gasteiger partial charge in [-0.05, 0) is 67.7 Å². The maximum atomic E-state index is 12.8.